The van der Waals surface area contributed by atoms with Crippen LogP contribution in [0, 0.1) is 5.82 Å². The molecule has 9 heteroatoms. The lowest BCUT2D eigenvalue weighted by atomic mass is 9.99. The van der Waals surface area contributed by atoms with Crippen LogP contribution in [0.4, 0.5) is 10.1 Å². The third kappa shape index (κ3) is 4.16. The normalized spacial score (nSPS) is 15.3. The smallest absolute Gasteiger partial charge is 0.272 e. The quantitative estimate of drug-likeness (QED) is 0.343. The zero-order valence-electron chi connectivity index (χ0n) is 19.5. The number of anilines is 1. The summed E-state index contributed by atoms with van der Waals surface area (Å²) in [4.78, 5) is 43.5. The average molecular weight is 493 g/mol. The lowest BCUT2D eigenvalue weighted by molar-refractivity contribution is -0.120. The number of nitrogens with one attached hydrogen (secondary N) is 3. The Hall–Kier alpha value is -5.05. The highest BCUT2D eigenvalue weighted by Crippen LogP contribution is 2.30. The van der Waals surface area contributed by atoms with Gasteiger partial charge in [0.15, 0.2) is 0 Å². The van der Waals surface area contributed by atoms with E-state index in [1.807, 2.05) is 24.3 Å². The van der Waals surface area contributed by atoms with E-state index in [0.29, 0.717) is 22.6 Å². The number of aromatic amines is 2. The first kappa shape index (κ1) is 22.4. The molecule has 2 amide bonds. The number of benzene rings is 3. The van der Waals surface area contributed by atoms with Crippen molar-refractivity contribution in [3.63, 3.8) is 0 Å². The van der Waals surface area contributed by atoms with Crippen molar-refractivity contribution in [2.45, 2.75) is 12.7 Å². The molecule has 1 unspecified atom stereocenters. The molecule has 2 aromatic heterocycles. The Morgan fingerprint density at radius 1 is 1.00 bits per heavy atom. The summed E-state index contributed by atoms with van der Waals surface area (Å²) in [7, 11) is 0. The number of aromatic nitrogens is 3. The van der Waals surface area contributed by atoms with E-state index in [0.717, 1.165) is 10.9 Å². The van der Waals surface area contributed by atoms with Crippen LogP contribution in [-0.4, -0.2) is 38.6 Å². The highest BCUT2D eigenvalue weighted by Gasteiger charge is 2.34. The van der Waals surface area contributed by atoms with Crippen LogP contribution < -0.4 is 10.2 Å². The van der Waals surface area contributed by atoms with Crippen molar-refractivity contribution >= 4 is 34.1 Å². The molecule has 0 saturated heterocycles. The van der Waals surface area contributed by atoms with Crippen LogP contribution in [0.15, 0.2) is 96.4 Å². The maximum absolute atomic E-state index is 15.0. The summed E-state index contributed by atoms with van der Waals surface area (Å²) >= 11 is 0. The van der Waals surface area contributed by atoms with Crippen molar-refractivity contribution in [1.82, 2.24) is 20.3 Å². The zero-order valence-corrected chi connectivity index (χ0v) is 19.5. The van der Waals surface area contributed by atoms with E-state index in [1.54, 1.807) is 54.7 Å². The molecule has 5 aromatic rings. The third-order valence-electron chi connectivity index (χ3n) is 6.26. The monoisotopic (exact) mass is 492 g/mol. The van der Waals surface area contributed by atoms with Crippen molar-refractivity contribution in [2.24, 2.45) is 4.99 Å². The number of amides is 2. The SMILES string of the molecule is O=C(NC1N=C(c2ccccc2F)c2ccccc2N(Cc2cnc[nH]2)C1=O)c1cc2ccccc2[nH]1. The molecule has 182 valence electrons. The molecule has 0 radical (unpaired) electrons. The van der Waals surface area contributed by atoms with E-state index in [2.05, 4.69) is 25.3 Å². The second kappa shape index (κ2) is 9.19. The standard InChI is InChI=1S/C28H21FN6O2/c29-21-10-4-2-8-19(21)25-20-9-3-6-12-24(20)35(15-18-14-30-16-31-18)28(37)26(33-25)34-27(36)23-13-17-7-1-5-11-22(17)32-23/h1-14,16,26,32H,15H2,(H,30,31)(H,34,36). The van der Waals surface area contributed by atoms with Crippen LogP contribution in [0.2, 0.25) is 0 Å². The van der Waals surface area contributed by atoms with Gasteiger partial charge in [0.05, 0.1) is 30.0 Å². The van der Waals surface area contributed by atoms with Gasteiger partial charge in [0.2, 0.25) is 6.17 Å². The summed E-state index contributed by atoms with van der Waals surface area (Å²) in [6, 6.07) is 22.6. The van der Waals surface area contributed by atoms with Crippen LogP contribution in [0.5, 0.6) is 0 Å². The number of carbonyl (C=O) groups is 2. The summed E-state index contributed by atoms with van der Waals surface area (Å²) in [5, 5.41) is 3.62. The number of aliphatic imine (C=N–C) groups is 1. The predicted molar refractivity (Wildman–Crippen MR) is 138 cm³/mol. The molecule has 1 atom stereocenters. The van der Waals surface area contributed by atoms with E-state index in [-0.39, 0.29) is 17.8 Å². The average Bonchev–Trinajstić information content (AvgIpc) is 3.58. The number of imidazole rings is 1. The van der Waals surface area contributed by atoms with Gasteiger partial charge in [-0.2, -0.15) is 0 Å². The van der Waals surface area contributed by atoms with Crippen LogP contribution in [-0.2, 0) is 11.3 Å². The lowest BCUT2D eigenvalue weighted by Crippen LogP contribution is -2.47. The molecule has 37 heavy (non-hydrogen) atoms. The van der Waals surface area contributed by atoms with E-state index in [4.69, 9.17) is 0 Å². The Morgan fingerprint density at radius 2 is 1.76 bits per heavy atom. The Labute approximate surface area is 210 Å². The number of rotatable bonds is 5. The van der Waals surface area contributed by atoms with Gasteiger partial charge in [-0.25, -0.2) is 14.4 Å². The first-order valence-electron chi connectivity index (χ1n) is 11.7. The summed E-state index contributed by atoms with van der Waals surface area (Å²) in [6.07, 6.45) is 1.85. The van der Waals surface area contributed by atoms with Crippen LogP contribution in [0.3, 0.4) is 0 Å². The number of benzodiazepines with no additional fused rings is 1. The second-order valence-electron chi connectivity index (χ2n) is 8.62. The van der Waals surface area contributed by atoms with Crippen LogP contribution in [0.1, 0.15) is 27.3 Å². The van der Waals surface area contributed by atoms with E-state index < -0.39 is 23.8 Å². The number of carbonyl (C=O) groups excluding carboxylic acids is 2. The third-order valence-corrected chi connectivity index (χ3v) is 6.26. The number of nitrogens with zero attached hydrogens (tertiary/aromatic N) is 3. The van der Waals surface area contributed by atoms with Gasteiger partial charge in [0.1, 0.15) is 11.5 Å². The molecule has 8 nitrogen and oxygen atoms in total. The molecule has 0 bridgehead atoms. The minimum absolute atomic E-state index is 0.161. The van der Waals surface area contributed by atoms with Crippen LogP contribution in [0.25, 0.3) is 10.9 Å². The zero-order chi connectivity index (χ0) is 25.4. The molecule has 6 rings (SSSR count). The summed E-state index contributed by atoms with van der Waals surface area (Å²) in [6.45, 7) is 0.161. The van der Waals surface area contributed by atoms with Gasteiger partial charge in [-0.05, 0) is 30.3 Å². The van der Waals surface area contributed by atoms with E-state index in [9.17, 15) is 14.0 Å². The van der Waals surface area contributed by atoms with Crippen molar-refractivity contribution in [2.75, 3.05) is 4.90 Å². The molecular weight excluding hydrogens is 471 g/mol. The Bertz CT molecular complexity index is 1620. The van der Waals surface area contributed by atoms with Gasteiger partial charge in [-0.1, -0.05) is 48.5 Å². The molecule has 0 saturated carbocycles. The predicted octanol–water partition coefficient (Wildman–Crippen LogP) is 4.17. The summed E-state index contributed by atoms with van der Waals surface area (Å²) < 4.78 is 15.0. The Morgan fingerprint density at radius 3 is 2.54 bits per heavy atom. The molecule has 0 spiro atoms. The van der Waals surface area contributed by atoms with Crippen molar-refractivity contribution in [3.8, 4) is 0 Å². The number of para-hydroxylation sites is 2. The highest BCUT2D eigenvalue weighted by atomic mass is 19.1. The van der Waals surface area contributed by atoms with Crippen LogP contribution >= 0.6 is 0 Å². The lowest BCUT2D eigenvalue weighted by Gasteiger charge is -2.25. The fraction of sp³-hybridized carbons (Fsp3) is 0.0714. The molecule has 1 aliphatic heterocycles. The molecule has 0 fully saturated rings. The fourth-order valence-electron chi connectivity index (χ4n) is 4.49. The highest BCUT2D eigenvalue weighted by molar-refractivity contribution is 6.20. The Balaban J connectivity index is 1.46. The number of H-pyrrole nitrogens is 2. The maximum atomic E-state index is 15.0. The first-order valence-corrected chi connectivity index (χ1v) is 11.7. The molecule has 3 heterocycles. The topological polar surface area (TPSA) is 106 Å². The molecule has 1 aliphatic rings. The maximum Gasteiger partial charge on any atom is 0.272 e. The summed E-state index contributed by atoms with van der Waals surface area (Å²) in [5.74, 6) is -1.44. The molecule has 0 aliphatic carbocycles. The second-order valence-corrected chi connectivity index (χ2v) is 8.62. The minimum atomic E-state index is -1.30. The first-order chi connectivity index (χ1) is 18.1. The summed E-state index contributed by atoms with van der Waals surface area (Å²) in [5.41, 5.74) is 3.40. The Kier molecular flexibility index (Phi) is 5.57. The van der Waals surface area contributed by atoms with Gasteiger partial charge in [-0.15, -0.1) is 0 Å². The number of fused-ring (bicyclic) bond motifs is 2. The van der Waals surface area contributed by atoms with E-state index in [1.165, 1.54) is 17.3 Å². The van der Waals surface area contributed by atoms with Gasteiger partial charge in [-0.3, -0.25) is 9.59 Å². The van der Waals surface area contributed by atoms with Gasteiger partial charge >= 0.3 is 0 Å². The van der Waals surface area contributed by atoms with Crippen molar-refractivity contribution in [1.29, 1.82) is 0 Å². The largest absolute Gasteiger partial charge is 0.351 e. The van der Waals surface area contributed by atoms with Gasteiger partial charge in [0.25, 0.3) is 11.8 Å². The van der Waals surface area contributed by atoms with E-state index >= 15 is 0 Å². The van der Waals surface area contributed by atoms with Crippen molar-refractivity contribution < 1.29 is 14.0 Å². The number of hydrogen-bond donors (Lipinski definition) is 3. The fourth-order valence-corrected chi connectivity index (χ4v) is 4.49. The van der Waals surface area contributed by atoms with Gasteiger partial charge in [0, 0.05) is 28.2 Å². The van der Waals surface area contributed by atoms with Crippen molar-refractivity contribution in [3.05, 3.63) is 120 Å². The minimum Gasteiger partial charge on any atom is -0.351 e. The number of hydrogen-bond acceptors (Lipinski definition) is 4. The number of halogens is 1. The molecular formula is C28H21FN6O2. The molecule has 3 N–H and O–H groups in total. The van der Waals surface area contributed by atoms with Gasteiger partial charge < -0.3 is 20.2 Å². The molecule has 3 aromatic carbocycles.